The Balaban J connectivity index is 1.99. The van der Waals surface area contributed by atoms with Crippen molar-refractivity contribution in [3.05, 3.63) is 47.1 Å². The molecular formula is C18H21FN2O4S2. The first kappa shape index (κ1) is 19.8. The predicted molar refractivity (Wildman–Crippen MR) is 101 cm³/mol. The van der Waals surface area contributed by atoms with Gasteiger partial charge in [-0.05, 0) is 48.4 Å². The minimum absolute atomic E-state index is 0.0821. The molecule has 1 amide bonds. The number of thiophene rings is 1. The van der Waals surface area contributed by atoms with Crippen LogP contribution in [0.15, 0.2) is 39.9 Å². The van der Waals surface area contributed by atoms with Gasteiger partial charge in [-0.15, -0.1) is 11.3 Å². The van der Waals surface area contributed by atoms with Gasteiger partial charge < -0.3 is 10.1 Å². The van der Waals surface area contributed by atoms with E-state index in [0.29, 0.717) is 18.5 Å². The Labute approximate surface area is 162 Å². The highest BCUT2D eigenvalue weighted by molar-refractivity contribution is 7.91. The van der Waals surface area contributed by atoms with Gasteiger partial charge in [0.15, 0.2) is 11.6 Å². The van der Waals surface area contributed by atoms with E-state index in [2.05, 4.69) is 5.32 Å². The highest BCUT2D eigenvalue weighted by Gasteiger charge is 2.37. The van der Waals surface area contributed by atoms with Crippen LogP contribution in [-0.2, 0) is 21.4 Å². The largest absolute Gasteiger partial charge is 0.494 e. The van der Waals surface area contributed by atoms with Crippen molar-refractivity contribution in [2.75, 3.05) is 13.7 Å². The van der Waals surface area contributed by atoms with Crippen molar-refractivity contribution in [2.45, 2.75) is 36.1 Å². The first-order chi connectivity index (χ1) is 12.9. The number of amides is 1. The van der Waals surface area contributed by atoms with Crippen LogP contribution < -0.4 is 10.1 Å². The summed E-state index contributed by atoms with van der Waals surface area (Å²) in [7, 11) is -2.53. The van der Waals surface area contributed by atoms with E-state index in [4.69, 9.17) is 4.74 Å². The van der Waals surface area contributed by atoms with Gasteiger partial charge in [-0.1, -0.05) is 12.1 Å². The zero-order valence-corrected chi connectivity index (χ0v) is 16.5. The normalized spacial score (nSPS) is 18.2. The van der Waals surface area contributed by atoms with E-state index in [1.807, 2.05) is 0 Å². The molecule has 1 aromatic heterocycles. The molecule has 0 spiro atoms. The number of carbonyl (C=O) groups is 1. The lowest BCUT2D eigenvalue weighted by molar-refractivity contribution is -0.124. The van der Waals surface area contributed by atoms with E-state index in [1.54, 1.807) is 17.5 Å². The molecule has 0 aliphatic carbocycles. The molecule has 0 radical (unpaired) electrons. The van der Waals surface area contributed by atoms with E-state index in [-0.39, 0.29) is 22.4 Å². The van der Waals surface area contributed by atoms with Crippen LogP contribution >= 0.6 is 11.3 Å². The van der Waals surface area contributed by atoms with Crippen molar-refractivity contribution in [1.29, 1.82) is 0 Å². The fourth-order valence-corrected chi connectivity index (χ4v) is 5.80. The number of hydrogen-bond donors (Lipinski definition) is 1. The molecule has 146 valence electrons. The number of hydrogen-bond acceptors (Lipinski definition) is 5. The smallest absolute Gasteiger partial charge is 0.253 e. The second-order valence-electron chi connectivity index (χ2n) is 6.25. The van der Waals surface area contributed by atoms with Gasteiger partial charge in [-0.2, -0.15) is 4.31 Å². The fourth-order valence-electron chi connectivity index (χ4n) is 3.07. The second kappa shape index (κ2) is 8.37. The number of nitrogens with zero attached hydrogens (tertiary/aromatic N) is 1. The molecule has 2 aromatic rings. The summed E-state index contributed by atoms with van der Waals surface area (Å²) in [5, 5.41) is 4.44. The van der Waals surface area contributed by atoms with Crippen LogP contribution in [0.5, 0.6) is 5.75 Å². The molecule has 1 aliphatic rings. The van der Waals surface area contributed by atoms with Crippen molar-refractivity contribution in [3.63, 3.8) is 0 Å². The average Bonchev–Trinajstić information content (AvgIpc) is 3.11. The summed E-state index contributed by atoms with van der Waals surface area (Å²) < 4.78 is 46.7. The van der Waals surface area contributed by atoms with Gasteiger partial charge >= 0.3 is 0 Å². The van der Waals surface area contributed by atoms with Crippen LogP contribution in [0.1, 0.15) is 24.8 Å². The summed E-state index contributed by atoms with van der Waals surface area (Å²) in [6.45, 7) is 0.429. The molecule has 0 saturated carbocycles. The lowest BCUT2D eigenvalue weighted by atomic mass is 10.1. The van der Waals surface area contributed by atoms with Crippen molar-refractivity contribution >= 4 is 27.3 Å². The molecule has 27 heavy (non-hydrogen) atoms. The van der Waals surface area contributed by atoms with Crippen LogP contribution in [0.2, 0.25) is 0 Å². The van der Waals surface area contributed by atoms with E-state index >= 15 is 0 Å². The van der Waals surface area contributed by atoms with Gasteiger partial charge in [0.05, 0.1) is 7.11 Å². The fraction of sp³-hybridized carbons (Fsp3) is 0.389. The third-order valence-electron chi connectivity index (χ3n) is 4.47. The summed E-state index contributed by atoms with van der Waals surface area (Å²) in [6, 6.07) is 6.63. The first-order valence-corrected chi connectivity index (χ1v) is 10.9. The number of rotatable bonds is 6. The standard InChI is InChI=1S/C18H21FN2O4S2/c1-25-16-8-7-13(11-14(16)19)12-21(15-5-2-3-9-20-18(15)22)27(23,24)17-6-4-10-26-17/h4,6-8,10-11,15H,2-3,5,9,12H2,1H3,(H,20,22). The second-order valence-corrected chi connectivity index (χ2v) is 9.32. The number of benzene rings is 1. The van der Waals surface area contributed by atoms with E-state index in [9.17, 15) is 17.6 Å². The van der Waals surface area contributed by atoms with Gasteiger partial charge in [0, 0.05) is 13.1 Å². The van der Waals surface area contributed by atoms with Gasteiger partial charge in [0.25, 0.3) is 10.0 Å². The number of carbonyl (C=O) groups excluding carboxylic acids is 1. The van der Waals surface area contributed by atoms with E-state index in [1.165, 1.54) is 29.6 Å². The summed E-state index contributed by atoms with van der Waals surface area (Å²) in [4.78, 5) is 12.5. The number of methoxy groups -OCH3 is 1. The molecular weight excluding hydrogens is 391 g/mol. The van der Waals surface area contributed by atoms with Crippen molar-refractivity contribution in [1.82, 2.24) is 9.62 Å². The highest BCUT2D eigenvalue weighted by atomic mass is 32.2. The minimum Gasteiger partial charge on any atom is -0.494 e. The quantitative estimate of drug-likeness (QED) is 0.792. The summed E-state index contributed by atoms with van der Waals surface area (Å²) >= 11 is 1.09. The van der Waals surface area contributed by atoms with Gasteiger partial charge in [-0.3, -0.25) is 4.79 Å². The molecule has 1 unspecified atom stereocenters. The van der Waals surface area contributed by atoms with Crippen molar-refractivity contribution in [2.24, 2.45) is 0 Å². The molecule has 9 heteroatoms. The predicted octanol–water partition coefficient (Wildman–Crippen LogP) is 2.76. The monoisotopic (exact) mass is 412 g/mol. The summed E-state index contributed by atoms with van der Waals surface area (Å²) in [6.07, 6.45) is 1.96. The third kappa shape index (κ3) is 4.31. The SMILES string of the molecule is COc1ccc(CN(C2CCCCNC2=O)S(=O)(=O)c2cccs2)cc1F. The minimum atomic E-state index is -3.90. The maximum Gasteiger partial charge on any atom is 0.253 e. The van der Waals surface area contributed by atoms with Crippen molar-refractivity contribution < 1.29 is 22.3 Å². The van der Waals surface area contributed by atoms with Crippen molar-refractivity contribution in [3.8, 4) is 5.75 Å². The molecule has 1 N–H and O–H groups in total. The number of nitrogens with one attached hydrogen (secondary N) is 1. The topological polar surface area (TPSA) is 75.7 Å². The molecule has 1 aliphatic heterocycles. The van der Waals surface area contributed by atoms with Gasteiger partial charge in [0.2, 0.25) is 5.91 Å². The summed E-state index contributed by atoms with van der Waals surface area (Å²) in [5.74, 6) is -0.811. The maximum absolute atomic E-state index is 14.1. The Morgan fingerprint density at radius 3 is 2.81 bits per heavy atom. The molecule has 2 heterocycles. The van der Waals surface area contributed by atoms with E-state index in [0.717, 1.165) is 24.2 Å². The van der Waals surface area contributed by atoms with Crippen LogP contribution in [0.4, 0.5) is 4.39 Å². The molecule has 1 fully saturated rings. The summed E-state index contributed by atoms with van der Waals surface area (Å²) in [5.41, 5.74) is 0.450. The van der Waals surface area contributed by atoms with Crippen LogP contribution in [0.3, 0.4) is 0 Å². The number of sulfonamides is 1. The lowest BCUT2D eigenvalue weighted by Gasteiger charge is -2.28. The third-order valence-corrected chi connectivity index (χ3v) is 7.69. The molecule has 1 aromatic carbocycles. The van der Waals surface area contributed by atoms with Gasteiger partial charge in [-0.25, -0.2) is 12.8 Å². The highest BCUT2D eigenvalue weighted by Crippen LogP contribution is 2.28. The molecule has 6 nitrogen and oxygen atoms in total. The molecule has 1 saturated heterocycles. The van der Waals surface area contributed by atoms with Crippen LogP contribution in [0, 0.1) is 5.82 Å². The number of halogens is 1. The van der Waals surface area contributed by atoms with E-state index < -0.39 is 21.9 Å². The number of ether oxygens (including phenoxy) is 1. The van der Waals surface area contributed by atoms with Gasteiger partial charge in [0.1, 0.15) is 10.3 Å². The Morgan fingerprint density at radius 2 is 2.15 bits per heavy atom. The van der Waals surface area contributed by atoms with Crippen LogP contribution in [0.25, 0.3) is 0 Å². The Hall–Kier alpha value is -1.97. The lowest BCUT2D eigenvalue weighted by Crippen LogP contribution is -2.48. The Bertz CT molecular complexity index is 900. The Morgan fingerprint density at radius 1 is 1.33 bits per heavy atom. The Kier molecular flexibility index (Phi) is 6.13. The molecule has 0 bridgehead atoms. The average molecular weight is 413 g/mol. The zero-order valence-electron chi connectivity index (χ0n) is 14.9. The van der Waals surface area contributed by atoms with Crippen LogP contribution in [-0.4, -0.2) is 38.3 Å². The maximum atomic E-state index is 14.1. The zero-order chi connectivity index (χ0) is 19.4. The molecule has 3 rings (SSSR count). The first-order valence-electron chi connectivity index (χ1n) is 8.59. The molecule has 1 atom stereocenters.